The van der Waals surface area contributed by atoms with Gasteiger partial charge < -0.3 is 4.90 Å². The van der Waals surface area contributed by atoms with E-state index < -0.39 is 45.8 Å². The molecule has 3 aromatic carbocycles. The van der Waals surface area contributed by atoms with E-state index in [2.05, 4.69) is 0 Å². The van der Waals surface area contributed by atoms with Crippen LogP contribution in [0, 0.1) is 11.6 Å². The first-order valence-corrected chi connectivity index (χ1v) is 11.5. The van der Waals surface area contributed by atoms with Gasteiger partial charge in [-0.3, -0.25) is 9.69 Å². The highest BCUT2D eigenvalue weighted by atomic mass is 32.2. The smallest absolute Gasteiger partial charge is 0.311 e. The van der Waals surface area contributed by atoms with Crippen molar-refractivity contribution in [3.8, 4) is 0 Å². The van der Waals surface area contributed by atoms with E-state index in [1.807, 2.05) is 0 Å². The van der Waals surface area contributed by atoms with Crippen LogP contribution in [0.2, 0.25) is 0 Å². The lowest BCUT2D eigenvalue weighted by Gasteiger charge is -2.36. The Balaban J connectivity index is 1.80. The van der Waals surface area contributed by atoms with Gasteiger partial charge in [0.05, 0.1) is 5.69 Å². The Bertz CT molecular complexity index is 1330. The standard InChI is InChI=1S/C23H19F2N3O4S/c1-2-26(17-8-4-3-5-9-17)22(29)15-27-19-10-6-7-11-21(19)33(31,32)28(23(27)30)20-14-16(24)12-13-18(20)25/h3-14H,2,15H2,1H3. The van der Waals surface area contributed by atoms with Crippen LogP contribution in [-0.2, 0) is 14.8 Å². The lowest BCUT2D eigenvalue weighted by atomic mass is 10.2. The summed E-state index contributed by atoms with van der Waals surface area (Å²) in [5, 5.41) is 0. The molecule has 1 aliphatic rings. The van der Waals surface area contributed by atoms with Crippen molar-refractivity contribution in [3.63, 3.8) is 0 Å². The fraction of sp³-hybridized carbons (Fsp3) is 0.130. The summed E-state index contributed by atoms with van der Waals surface area (Å²) in [7, 11) is -4.56. The quantitative estimate of drug-likeness (QED) is 0.560. The zero-order chi connectivity index (χ0) is 23.8. The van der Waals surface area contributed by atoms with Crippen LogP contribution in [0.1, 0.15) is 6.92 Å². The van der Waals surface area contributed by atoms with Crippen molar-refractivity contribution in [1.82, 2.24) is 0 Å². The molecule has 170 valence electrons. The van der Waals surface area contributed by atoms with E-state index >= 15 is 0 Å². The van der Waals surface area contributed by atoms with Crippen LogP contribution in [0.25, 0.3) is 0 Å². The van der Waals surface area contributed by atoms with Gasteiger partial charge in [-0.2, -0.15) is 4.31 Å². The second kappa shape index (κ2) is 8.62. The van der Waals surface area contributed by atoms with E-state index in [9.17, 15) is 26.8 Å². The number of sulfonamides is 1. The number of rotatable bonds is 5. The maximum absolute atomic E-state index is 14.5. The maximum Gasteiger partial charge on any atom is 0.343 e. The number of anilines is 3. The number of likely N-dealkylation sites (N-methyl/N-ethyl adjacent to an activating group) is 1. The van der Waals surface area contributed by atoms with Crippen LogP contribution >= 0.6 is 0 Å². The molecular formula is C23H19F2N3O4S. The van der Waals surface area contributed by atoms with Gasteiger partial charge in [-0.25, -0.2) is 22.0 Å². The van der Waals surface area contributed by atoms with Crippen LogP contribution in [0.3, 0.4) is 0 Å². The van der Waals surface area contributed by atoms with Gasteiger partial charge in [0.1, 0.15) is 28.8 Å². The number of carbonyl (C=O) groups excluding carboxylic acids is 2. The number of fused-ring (bicyclic) bond motifs is 1. The van der Waals surface area contributed by atoms with Gasteiger partial charge in [-0.15, -0.1) is 0 Å². The van der Waals surface area contributed by atoms with Gasteiger partial charge in [0.15, 0.2) is 0 Å². The van der Waals surface area contributed by atoms with Crippen molar-refractivity contribution in [1.29, 1.82) is 0 Å². The molecule has 0 atom stereocenters. The predicted octanol–water partition coefficient (Wildman–Crippen LogP) is 4.15. The Kier molecular flexibility index (Phi) is 5.86. The van der Waals surface area contributed by atoms with Gasteiger partial charge in [0.25, 0.3) is 10.0 Å². The number of para-hydroxylation sites is 2. The molecule has 0 radical (unpaired) electrons. The van der Waals surface area contributed by atoms with Gasteiger partial charge >= 0.3 is 6.03 Å². The first kappa shape index (κ1) is 22.4. The number of nitrogens with zero attached hydrogens (tertiary/aromatic N) is 3. The van der Waals surface area contributed by atoms with Crippen LogP contribution in [0.4, 0.5) is 30.6 Å². The van der Waals surface area contributed by atoms with Crippen molar-refractivity contribution in [2.24, 2.45) is 0 Å². The number of amides is 3. The lowest BCUT2D eigenvalue weighted by molar-refractivity contribution is -0.117. The highest BCUT2D eigenvalue weighted by molar-refractivity contribution is 7.94. The molecule has 4 rings (SSSR count). The number of halogens is 2. The van der Waals surface area contributed by atoms with E-state index in [4.69, 9.17) is 0 Å². The van der Waals surface area contributed by atoms with Gasteiger partial charge in [-0.05, 0) is 43.3 Å². The first-order valence-electron chi connectivity index (χ1n) is 10.0. The summed E-state index contributed by atoms with van der Waals surface area (Å²) in [6.07, 6.45) is 0. The van der Waals surface area contributed by atoms with E-state index in [1.54, 1.807) is 37.3 Å². The molecular weight excluding hydrogens is 452 g/mol. The Morgan fingerprint density at radius 2 is 1.61 bits per heavy atom. The largest absolute Gasteiger partial charge is 0.343 e. The van der Waals surface area contributed by atoms with Gasteiger partial charge in [0, 0.05) is 18.3 Å². The first-order chi connectivity index (χ1) is 15.8. The summed E-state index contributed by atoms with van der Waals surface area (Å²) in [6.45, 7) is 1.55. The van der Waals surface area contributed by atoms with Crippen LogP contribution in [0.15, 0.2) is 77.7 Å². The highest BCUT2D eigenvalue weighted by Gasteiger charge is 2.44. The molecule has 0 saturated heterocycles. The molecule has 0 spiro atoms. The Morgan fingerprint density at radius 3 is 2.30 bits per heavy atom. The number of urea groups is 1. The number of carbonyl (C=O) groups is 2. The number of hydrogen-bond donors (Lipinski definition) is 0. The molecule has 0 bridgehead atoms. The van der Waals surface area contributed by atoms with E-state index in [0.29, 0.717) is 18.3 Å². The molecule has 0 unspecified atom stereocenters. The zero-order valence-electron chi connectivity index (χ0n) is 17.5. The average molecular weight is 471 g/mol. The maximum atomic E-state index is 14.5. The minimum atomic E-state index is -4.56. The summed E-state index contributed by atoms with van der Waals surface area (Å²) >= 11 is 0. The molecule has 0 aromatic heterocycles. The molecule has 3 amide bonds. The third kappa shape index (κ3) is 3.93. The predicted molar refractivity (Wildman–Crippen MR) is 120 cm³/mol. The normalized spacial score (nSPS) is 14.7. The van der Waals surface area contributed by atoms with Crippen molar-refractivity contribution >= 4 is 39.0 Å². The highest BCUT2D eigenvalue weighted by Crippen LogP contribution is 2.38. The summed E-state index contributed by atoms with van der Waals surface area (Å²) in [5.74, 6) is -2.50. The molecule has 7 nitrogen and oxygen atoms in total. The van der Waals surface area contributed by atoms with E-state index in [0.717, 1.165) is 17.0 Å². The van der Waals surface area contributed by atoms with Crippen molar-refractivity contribution < 1.29 is 26.8 Å². The fourth-order valence-corrected chi connectivity index (χ4v) is 5.26. The third-order valence-electron chi connectivity index (χ3n) is 5.18. The fourth-order valence-electron chi connectivity index (χ4n) is 3.67. The Morgan fingerprint density at radius 1 is 0.939 bits per heavy atom. The van der Waals surface area contributed by atoms with E-state index in [1.165, 1.54) is 29.2 Å². The SMILES string of the molecule is CCN(C(=O)CN1C(=O)N(c2cc(F)ccc2F)S(=O)(=O)c2ccccc21)c1ccccc1. The molecule has 3 aromatic rings. The minimum absolute atomic E-state index is 0.0203. The zero-order valence-corrected chi connectivity index (χ0v) is 18.3. The molecule has 10 heteroatoms. The van der Waals surface area contributed by atoms with Crippen molar-refractivity contribution in [2.45, 2.75) is 11.8 Å². The molecule has 0 fully saturated rings. The Labute approximate surface area is 189 Å². The van der Waals surface area contributed by atoms with Crippen LogP contribution in [0.5, 0.6) is 0 Å². The monoisotopic (exact) mass is 471 g/mol. The van der Waals surface area contributed by atoms with E-state index in [-0.39, 0.29) is 14.9 Å². The number of benzene rings is 3. The molecule has 0 aliphatic carbocycles. The topological polar surface area (TPSA) is 78.0 Å². The van der Waals surface area contributed by atoms with Crippen molar-refractivity contribution in [3.05, 3.63) is 84.4 Å². The molecule has 33 heavy (non-hydrogen) atoms. The number of hydrogen-bond acceptors (Lipinski definition) is 4. The summed E-state index contributed by atoms with van der Waals surface area (Å²) in [4.78, 5) is 28.6. The van der Waals surface area contributed by atoms with Gasteiger partial charge in [-0.1, -0.05) is 30.3 Å². The van der Waals surface area contributed by atoms with Crippen LogP contribution in [-0.4, -0.2) is 33.4 Å². The molecule has 1 heterocycles. The average Bonchev–Trinajstić information content (AvgIpc) is 2.80. The lowest BCUT2D eigenvalue weighted by Crippen LogP contribution is -2.54. The minimum Gasteiger partial charge on any atom is -0.311 e. The summed E-state index contributed by atoms with van der Waals surface area (Å²) in [6, 6.07) is 15.3. The second-order valence-corrected chi connectivity index (χ2v) is 8.93. The van der Waals surface area contributed by atoms with Gasteiger partial charge in [0.2, 0.25) is 5.91 Å². The molecule has 1 aliphatic heterocycles. The molecule has 0 N–H and O–H groups in total. The second-order valence-electron chi connectivity index (χ2n) is 7.18. The Hall–Kier alpha value is -3.79. The van der Waals surface area contributed by atoms with Crippen LogP contribution < -0.4 is 14.1 Å². The summed E-state index contributed by atoms with van der Waals surface area (Å²) in [5.41, 5.74) is -0.182. The third-order valence-corrected chi connectivity index (χ3v) is 6.92. The molecule has 0 saturated carbocycles. The van der Waals surface area contributed by atoms with Crippen molar-refractivity contribution in [2.75, 3.05) is 27.2 Å². The summed E-state index contributed by atoms with van der Waals surface area (Å²) < 4.78 is 55.0.